The second-order valence-electron chi connectivity index (χ2n) is 4.35. The van der Waals surface area contributed by atoms with Crippen LogP contribution in [0.15, 0.2) is 18.2 Å². The highest BCUT2D eigenvalue weighted by atomic mass is 16.7. The molecule has 1 atom stereocenters. The first-order chi connectivity index (χ1) is 8.83. The van der Waals surface area contributed by atoms with Crippen molar-refractivity contribution < 1.29 is 14.2 Å². The molecule has 4 heteroatoms. The molecule has 18 heavy (non-hydrogen) atoms. The van der Waals surface area contributed by atoms with Crippen molar-refractivity contribution in [2.24, 2.45) is 0 Å². The van der Waals surface area contributed by atoms with Gasteiger partial charge in [0.25, 0.3) is 0 Å². The normalized spacial score (nSPS) is 14.6. The van der Waals surface area contributed by atoms with E-state index in [4.69, 9.17) is 14.2 Å². The average Bonchev–Trinajstić information content (AvgIpc) is 2.83. The van der Waals surface area contributed by atoms with Crippen molar-refractivity contribution in [1.29, 1.82) is 0 Å². The van der Waals surface area contributed by atoms with Crippen molar-refractivity contribution in [3.63, 3.8) is 0 Å². The molecular formula is C14H21NO3. The smallest absolute Gasteiger partial charge is 0.231 e. The van der Waals surface area contributed by atoms with Gasteiger partial charge >= 0.3 is 0 Å². The standard InChI is InChI=1S/C14H21NO3/c1-3-5-12(9-15-4-2)18-11-6-7-13-14(8-11)17-10-16-13/h6-8,12,15H,3-5,9-10H2,1-2H3. The lowest BCUT2D eigenvalue weighted by Gasteiger charge is -2.19. The number of fused-ring (bicyclic) bond motifs is 1. The summed E-state index contributed by atoms with van der Waals surface area (Å²) in [6.45, 7) is 6.41. The zero-order chi connectivity index (χ0) is 12.8. The number of rotatable bonds is 7. The van der Waals surface area contributed by atoms with Crippen molar-refractivity contribution in [3.8, 4) is 17.2 Å². The van der Waals surface area contributed by atoms with E-state index >= 15 is 0 Å². The number of hydrogen-bond acceptors (Lipinski definition) is 4. The van der Waals surface area contributed by atoms with Crippen LogP contribution in [0.2, 0.25) is 0 Å². The molecule has 0 aromatic heterocycles. The first kappa shape index (κ1) is 13.0. The fourth-order valence-electron chi connectivity index (χ4n) is 1.97. The zero-order valence-corrected chi connectivity index (χ0v) is 11.1. The number of benzene rings is 1. The Bertz CT molecular complexity index is 381. The molecule has 0 aliphatic carbocycles. The molecule has 0 fully saturated rings. The van der Waals surface area contributed by atoms with E-state index < -0.39 is 0 Å². The Balaban J connectivity index is 1.97. The monoisotopic (exact) mass is 251 g/mol. The Kier molecular flexibility index (Phi) is 4.70. The van der Waals surface area contributed by atoms with Gasteiger partial charge in [0.2, 0.25) is 6.79 Å². The summed E-state index contributed by atoms with van der Waals surface area (Å²) in [5.41, 5.74) is 0. The molecule has 1 unspecified atom stereocenters. The molecule has 1 aliphatic heterocycles. The van der Waals surface area contributed by atoms with E-state index in [1.807, 2.05) is 18.2 Å². The van der Waals surface area contributed by atoms with E-state index in [2.05, 4.69) is 19.2 Å². The van der Waals surface area contributed by atoms with Crippen LogP contribution in [0.5, 0.6) is 17.2 Å². The van der Waals surface area contributed by atoms with Gasteiger partial charge in [0.15, 0.2) is 11.5 Å². The summed E-state index contributed by atoms with van der Waals surface area (Å²) in [4.78, 5) is 0. The molecule has 2 rings (SSSR count). The van der Waals surface area contributed by atoms with Crippen LogP contribution in [0, 0.1) is 0 Å². The van der Waals surface area contributed by atoms with E-state index in [1.165, 1.54) is 0 Å². The molecule has 0 spiro atoms. The maximum atomic E-state index is 5.98. The second kappa shape index (κ2) is 6.50. The van der Waals surface area contributed by atoms with Gasteiger partial charge in [-0.05, 0) is 25.1 Å². The van der Waals surface area contributed by atoms with E-state index in [0.717, 1.165) is 43.2 Å². The van der Waals surface area contributed by atoms with Crippen LogP contribution in [0.3, 0.4) is 0 Å². The third kappa shape index (κ3) is 3.29. The highest BCUT2D eigenvalue weighted by Gasteiger charge is 2.15. The quantitative estimate of drug-likeness (QED) is 0.808. The maximum Gasteiger partial charge on any atom is 0.231 e. The van der Waals surface area contributed by atoms with E-state index in [0.29, 0.717) is 6.79 Å². The van der Waals surface area contributed by atoms with Crippen molar-refractivity contribution in [3.05, 3.63) is 18.2 Å². The lowest BCUT2D eigenvalue weighted by atomic mass is 10.2. The number of ether oxygens (including phenoxy) is 3. The maximum absolute atomic E-state index is 5.98. The molecule has 1 aliphatic rings. The van der Waals surface area contributed by atoms with Crippen molar-refractivity contribution in [1.82, 2.24) is 5.32 Å². The predicted octanol–water partition coefficient (Wildman–Crippen LogP) is 2.57. The summed E-state index contributed by atoms with van der Waals surface area (Å²) >= 11 is 0. The predicted molar refractivity (Wildman–Crippen MR) is 70.4 cm³/mol. The third-order valence-electron chi connectivity index (χ3n) is 2.88. The van der Waals surface area contributed by atoms with Crippen LogP contribution in [0.4, 0.5) is 0 Å². The Morgan fingerprint density at radius 2 is 2.11 bits per heavy atom. The number of likely N-dealkylation sites (N-methyl/N-ethyl adjacent to an activating group) is 1. The molecule has 0 radical (unpaired) electrons. The molecule has 1 aromatic carbocycles. The van der Waals surface area contributed by atoms with Crippen molar-refractivity contribution >= 4 is 0 Å². The summed E-state index contributed by atoms with van der Waals surface area (Å²) in [6.07, 6.45) is 2.36. The molecule has 4 nitrogen and oxygen atoms in total. The minimum Gasteiger partial charge on any atom is -0.489 e. The molecule has 0 saturated carbocycles. The van der Waals surface area contributed by atoms with Gasteiger partial charge in [-0.3, -0.25) is 0 Å². The lowest BCUT2D eigenvalue weighted by molar-refractivity contribution is 0.172. The summed E-state index contributed by atoms with van der Waals surface area (Å²) < 4.78 is 16.6. The van der Waals surface area contributed by atoms with Gasteiger partial charge in [0.1, 0.15) is 11.9 Å². The van der Waals surface area contributed by atoms with Gasteiger partial charge in [0.05, 0.1) is 0 Å². The van der Waals surface area contributed by atoms with Crippen LogP contribution < -0.4 is 19.5 Å². The molecule has 0 saturated heterocycles. The first-order valence-corrected chi connectivity index (χ1v) is 6.60. The number of hydrogen-bond donors (Lipinski definition) is 1. The molecule has 0 bridgehead atoms. The topological polar surface area (TPSA) is 39.7 Å². The molecular weight excluding hydrogens is 230 g/mol. The highest BCUT2D eigenvalue weighted by Crippen LogP contribution is 2.35. The van der Waals surface area contributed by atoms with Gasteiger partial charge in [-0.2, -0.15) is 0 Å². The Morgan fingerprint density at radius 3 is 2.89 bits per heavy atom. The second-order valence-corrected chi connectivity index (χ2v) is 4.35. The van der Waals surface area contributed by atoms with Gasteiger partial charge < -0.3 is 19.5 Å². The van der Waals surface area contributed by atoms with E-state index in [1.54, 1.807) is 0 Å². The van der Waals surface area contributed by atoms with Crippen molar-refractivity contribution in [2.45, 2.75) is 32.8 Å². The Morgan fingerprint density at radius 1 is 1.28 bits per heavy atom. The fourth-order valence-corrected chi connectivity index (χ4v) is 1.97. The highest BCUT2D eigenvalue weighted by molar-refractivity contribution is 5.46. The first-order valence-electron chi connectivity index (χ1n) is 6.60. The van der Waals surface area contributed by atoms with Gasteiger partial charge in [-0.15, -0.1) is 0 Å². The van der Waals surface area contributed by atoms with Crippen LogP contribution in [-0.2, 0) is 0 Å². The molecule has 100 valence electrons. The van der Waals surface area contributed by atoms with Crippen LogP contribution in [-0.4, -0.2) is 26.0 Å². The molecule has 1 N–H and O–H groups in total. The lowest BCUT2D eigenvalue weighted by Crippen LogP contribution is -2.31. The average molecular weight is 251 g/mol. The summed E-state index contributed by atoms with van der Waals surface area (Å²) in [6, 6.07) is 5.73. The Hall–Kier alpha value is -1.42. The van der Waals surface area contributed by atoms with Crippen LogP contribution in [0.25, 0.3) is 0 Å². The molecule has 1 heterocycles. The van der Waals surface area contributed by atoms with Crippen molar-refractivity contribution in [2.75, 3.05) is 19.9 Å². The van der Waals surface area contributed by atoms with Gasteiger partial charge in [-0.1, -0.05) is 20.3 Å². The van der Waals surface area contributed by atoms with E-state index in [9.17, 15) is 0 Å². The molecule has 0 amide bonds. The fraction of sp³-hybridized carbons (Fsp3) is 0.571. The van der Waals surface area contributed by atoms with E-state index in [-0.39, 0.29) is 6.10 Å². The minimum atomic E-state index is 0.204. The zero-order valence-electron chi connectivity index (χ0n) is 11.1. The SMILES string of the molecule is CCCC(CNCC)Oc1ccc2c(c1)OCO2. The molecule has 1 aromatic rings. The third-order valence-corrected chi connectivity index (χ3v) is 2.88. The largest absolute Gasteiger partial charge is 0.489 e. The van der Waals surface area contributed by atoms with Crippen LogP contribution >= 0.6 is 0 Å². The summed E-state index contributed by atoms with van der Waals surface area (Å²) in [5.74, 6) is 2.41. The van der Waals surface area contributed by atoms with Crippen LogP contribution in [0.1, 0.15) is 26.7 Å². The summed E-state index contributed by atoms with van der Waals surface area (Å²) in [5, 5.41) is 3.32. The Labute approximate surface area is 108 Å². The number of nitrogens with one attached hydrogen (secondary N) is 1. The van der Waals surface area contributed by atoms with Gasteiger partial charge in [0, 0.05) is 12.6 Å². The van der Waals surface area contributed by atoms with Gasteiger partial charge in [-0.25, -0.2) is 0 Å². The summed E-state index contributed by atoms with van der Waals surface area (Å²) in [7, 11) is 0. The minimum absolute atomic E-state index is 0.204.